The van der Waals surface area contributed by atoms with Crippen molar-refractivity contribution < 1.29 is 4.39 Å². The Morgan fingerprint density at radius 1 is 1.47 bits per heavy atom. The predicted octanol–water partition coefficient (Wildman–Crippen LogP) is 2.06. The summed E-state index contributed by atoms with van der Waals surface area (Å²) in [4.78, 5) is 0. The second kappa shape index (κ2) is 4.45. The Kier molecular flexibility index (Phi) is 2.99. The van der Waals surface area contributed by atoms with Gasteiger partial charge in [0.15, 0.2) is 0 Å². The van der Waals surface area contributed by atoms with Crippen LogP contribution in [0.15, 0.2) is 24.4 Å². The van der Waals surface area contributed by atoms with Gasteiger partial charge in [-0.05, 0) is 25.1 Å². The number of hydrogen-bond donors (Lipinski definition) is 2. The van der Waals surface area contributed by atoms with Crippen LogP contribution >= 0.6 is 0 Å². The molecule has 1 heterocycles. The molecule has 0 saturated carbocycles. The molecule has 0 atom stereocenters. The van der Waals surface area contributed by atoms with Crippen LogP contribution in [0.4, 0.5) is 15.8 Å². The van der Waals surface area contributed by atoms with E-state index in [0.717, 1.165) is 11.3 Å². The van der Waals surface area contributed by atoms with E-state index < -0.39 is 0 Å². The monoisotopic (exact) mass is 234 g/mol. The highest BCUT2D eigenvalue weighted by Crippen LogP contribution is 2.18. The Morgan fingerprint density at radius 3 is 2.82 bits per heavy atom. The molecule has 0 aliphatic rings. The molecule has 0 fully saturated rings. The van der Waals surface area contributed by atoms with E-state index in [4.69, 9.17) is 5.73 Å². The summed E-state index contributed by atoms with van der Waals surface area (Å²) >= 11 is 0. The number of hydrogen-bond acceptors (Lipinski definition) is 3. The summed E-state index contributed by atoms with van der Waals surface area (Å²) in [5, 5.41) is 7.15. The van der Waals surface area contributed by atoms with Crippen LogP contribution in [0.5, 0.6) is 0 Å². The van der Waals surface area contributed by atoms with E-state index in [1.165, 1.54) is 6.07 Å². The zero-order valence-corrected chi connectivity index (χ0v) is 9.87. The van der Waals surface area contributed by atoms with Crippen LogP contribution in [-0.4, -0.2) is 9.78 Å². The summed E-state index contributed by atoms with van der Waals surface area (Å²) in [6, 6.07) is 4.61. The zero-order chi connectivity index (χ0) is 12.4. The van der Waals surface area contributed by atoms with Crippen molar-refractivity contribution in [2.75, 3.05) is 11.1 Å². The first-order chi connectivity index (χ1) is 8.08. The van der Waals surface area contributed by atoms with E-state index in [-0.39, 0.29) is 5.82 Å². The van der Waals surface area contributed by atoms with Gasteiger partial charge in [-0.3, -0.25) is 4.68 Å². The van der Waals surface area contributed by atoms with Crippen molar-refractivity contribution in [3.05, 3.63) is 41.5 Å². The van der Waals surface area contributed by atoms with Crippen molar-refractivity contribution in [3.63, 3.8) is 0 Å². The average Bonchev–Trinajstić information content (AvgIpc) is 2.59. The molecule has 90 valence electrons. The molecule has 0 bridgehead atoms. The van der Waals surface area contributed by atoms with Crippen LogP contribution < -0.4 is 11.1 Å². The Hall–Kier alpha value is -2.04. The molecular weight excluding hydrogens is 219 g/mol. The first kappa shape index (κ1) is 11.4. The molecule has 3 N–H and O–H groups in total. The smallest absolute Gasteiger partial charge is 0.148 e. The summed E-state index contributed by atoms with van der Waals surface area (Å²) in [5.41, 5.74) is 8.46. The number of halogens is 1. The highest BCUT2D eigenvalue weighted by atomic mass is 19.1. The van der Waals surface area contributed by atoms with Crippen molar-refractivity contribution in [1.29, 1.82) is 0 Å². The normalized spacial score (nSPS) is 10.5. The van der Waals surface area contributed by atoms with Crippen molar-refractivity contribution in [1.82, 2.24) is 9.78 Å². The number of nitrogens with two attached hydrogens (primary N) is 1. The fourth-order valence-corrected chi connectivity index (χ4v) is 1.58. The fourth-order valence-electron chi connectivity index (χ4n) is 1.58. The summed E-state index contributed by atoms with van der Waals surface area (Å²) < 4.78 is 15.3. The van der Waals surface area contributed by atoms with E-state index in [2.05, 4.69) is 10.4 Å². The summed E-state index contributed by atoms with van der Waals surface area (Å²) in [6.07, 6.45) is 1.78. The lowest BCUT2D eigenvalue weighted by Gasteiger charge is -2.07. The second-order valence-electron chi connectivity index (χ2n) is 3.97. The number of benzene rings is 1. The van der Waals surface area contributed by atoms with Gasteiger partial charge in [0.25, 0.3) is 0 Å². The Labute approximate surface area is 99.2 Å². The maximum absolute atomic E-state index is 13.5. The maximum Gasteiger partial charge on any atom is 0.148 e. The summed E-state index contributed by atoms with van der Waals surface area (Å²) in [7, 11) is 1.88. The van der Waals surface area contributed by atoms with Gasteiger partial charge in [0.2, 0.25) is 0 Å². The summed E-state index contributed by atoms with van der Waals surface area (Å²) in [5.74, 6) is -0.341. The highest BCUT2D eigenvalue weighted by molar-refractivity contribution is 5.52. The van der Waals surface area contributed by atoms with Gasteiger partial charge < -0.3 is 11.1 Å². The number of nitrogen functional groups attached to an aromatic ring is 1. The van der Waals surface area contributed by atoms with Gasteiger partial charge >= 0.3 is 0 Å². The van der Waals surface area contributed by atoms with Crippen molar-refractivity contribution in [3.8, 4) is 0 Å². The molecule has 5 heteroatoms. The number of nitrogens with one attached hydrogen (secondary N) is 1. The van der Waals surface area contributed by atoms with Crippen LogP contribution in [0.2, 0.25) is 0 Å². The molecule has 0 saturated heterocycles. The lowest BCUT2D eigenvalue weighted by molar-refractivity contribution is 0.630. The van der Waals surface area contributed by atoms with Crippen LogP contribution in [-0.2, 0) is 13.6 Å². The molecular formula is C12H15FN4. The number of aryl methyl sites for hydroxylation is 1. The molecule has 0 spiro atoms. The Morgan fingerprint density at radius 2 is 2.24 bits per heavy atom. The molecule has 1 aromatic heterocycles. The van der Waals surface area contributed by atoms with Crippen LogP contribution in [0, 0.1) is 12.7 Å². The highest BCUT2D eigenvalue weighted by Gasteiger charge is 2.05. The van der Waals surface area contributed by atoms with Crippen LogP contribution in [0.25, 0.3) is 0 Å². The van der Waals surface area contributed by atoms with Gasteiger partial charge in [-0.1, -0.05) is 0 Å². The average molecular weight is 234 g/mol. The molecule has 0 amide bonds. The zero-order valence-electron chi connectivity index (χ0n) is 9.87. The van der Waals surface area contributed by atoms with Gasteiger partial charge in [0, 0.05) is 30.5 Å². The number of aromatic nitrogens is 2. The maximum atomic E-state index is 13.5. The minimum Gasteiger partial charge on any atom is -0.399 e. The van der Waals surface area contributed by atoms with Crippen molar-refractivity contribution in [2.45, 2.75) is 13.5 Å². The first-order valence-electron chi connectivity index (χ1n) is 5.34. The Balaban J connectivity index is 2.10. The molecule has 4 nitrogen and oxygen atoms in total. The Bertz CT molecular complexity index is 533. The van der Waals surface area contributed by atoms with Gasteiger partial charge in [-0.2, -0.15) is 5.10 Å². The van der Waals surface area contributed by atoms with E-state index >= 15 is 0 Å². The first-order valence-corrected chi connectivity index (χ1v) is 5.34. The van der Waals surface area contributed by atoms with Gasteiger partial charge in [0.05, 0.1) is 11.9 Å². The van der Waals surface area contributed by atoms with Gasteiger partial charge in [-0.25, -0.2) is 4.39 Å². The van der Waals surface area contributed by atoms with E-state index in [9.17, 15) is 4.39 Å². The number of rotatable bonds is 3. The molecule has 0 radical (unpaired) electrons. The van der Waals surface area contributed by atoms with Crippen LogP contribution in [0.1, 0.15) is 11.3 Å². The van der Waals surface area contributed by atoms with E-state index in [1.54, 1.807) is 23.0 Å². The van der Waals surface area contributed by atoms with E-state index in [0.29, 0.717) is 17.9 Å². The van der Waals surface area contributed by atoms with Gasteiger partial charge in [0.1, 0.15) is 5.82 Å². The predicted molar refractivity (Wildman–Crippen MR) is 66.1 cm³/mol. The number of nitrogens with zero attached hydrogens (tertiary/aromatic N) is 2. The largest absolute Gasteiger partial charge is 0.399 e. The SMILES string of the molecule is Cc1c(CNc2ccc(N)cc2F)cnn1C. The van der Waals surface area contributed by atoms with Crippen molar-refractivity contribution >= 4 is 11.4 Å². The minimum absolute atomic E-state index is 0.341. The fraction of sp³-hybridized carbons (Fsp3) is 0.250. The standard InChI is InChI=1S/C12H15FN4/c1-8-9(7-16-17(8)2)6-15-12-4-3-10(14)5-11(12)13/h3-5,7,15H,6,14H2,1-2H3. The minimum atomic E-state index is -0.341. The molecule has 2 rings (SSSR count). The van der Waals surface area contributed by atoms with Crippen LogP contribution in [0.3, 0.4) is 0 Å². The lowest BCUT2D eigenvalue weighted by Crippen LogP contribution is -2.03. The number of anilines is 2. The summed E-state index contributed by atoms with van der Waals surface area (Å²) in [6.45, 7) is 2.52. The quantitative estimate of drug-likeness (QED) is 0.799. The second-order valence-corrected chi connectivity index (χ2v) is 3.97. The molecule has 2 aromatic rings. The van der Waals surface area contributed by atoms with E-state index in [1.807, 2.05) is 14.0 Å². The third-order valence-electron chi connectivity index (χ3n) is 2.80. The third kappa shape index (κ3) is 2.38. The lowest BCUT2D eigenvalue weighted by atomic mass is 10.2. The molecule has 1 aromatic carbocycles. The third-order valence-corrected chi connectivity index (χ3v) is 2.80. The topological polar surface area (TPSA) is 55.9 Å². The molecule has 17 heavy (non-hydrogen) atoms. The molecule has 0 aliphatic heterocycles. The molecule has 0 unspecified atom stereocenters. The molecule has 0 aliphatic carbocycles. The van der Waals surface area contributed by atoms with Gasteiger partial charge in [-0.15, -0.1) is 0 Å². The van der Waals surface area contributed by atoms with Crippen molar-refractivity contribution in [2.24, 2.45) is 7.05 Å².